The van der Waals surface area contributed by atoms with Crippen molar-refractivity contribution in [1.29, 1.82) is 0 Å². The Labute approximate surface area is 99.5 Å². The van der Waals surface area contributed by atoms with E-state index >= 15 is 0 Å². The average molecular weight is 243 g/mol. The highest BCUT2D eigenvalue weighted by Gasteiger charge is 2.21. The third kappa shape index (κ3) is 2.26. The lowest BCUT2D eigenvalue weighted by atomic mass is 10.2. The van der Waals surface area contributed by atoms with Gasteiger partial charge in [-0.25, -0.2) is 0 Å². The largest absolute Gasteiger partial charge is 0.377 e. The van der Waals surface area contributed by atoms with Gasteiger partial charge in [-0.3, -0.25) is 0 Å². The topological polar surface area (TPSA) is 64.3 Å². The lowest BCUT2D eigenvalue weighted by molar-refractivity contribution is 0.0984. The first-order valence-corrected chi connectivity index (χ1v) is 5.66. The lowest BCUT2D eigenvalue weighted by Gasteiger charge is -2.33. The summed E-state index contributed by atoms with van der Waals surface area (Å²) >= 11 is 6.06. The SMILES string of the molecule is C[C@@H]1COCCN1c1cc(Cl)c(CN)nn1. The summed E-state index contributed by atoms with van der Waals surface area (Å²) in [5.74, 6) is 0.790. The minimum absolute atomic E-state index is 0.294. The zero-order chi connectivity index (χ0) is 11.5. The molecule has 2 rings (SSSR count). The van der Waals surface area contributed by atoms with E-state index in [1.165, 1.54) is 0 Å². The molecule has 16 heavy (non-hydrogen) atoms. The minimum atomic E-state index is 0.294. The fraction of sp³-hybridized carbons (Fsp3) is 0.600. The highest BCUT2D eigenvalue weighted by Crippen LogP contribution is 2.21. The number of ether oxygens (including phenoxy) is 1. The summed E-state index contributed by atoms with van der Waals surface area (Å²) in [6.45, 7) is 4.63. The molecule has 1 aromatic heterocycles. The maximum absolute atomic E-state index is 6.06. The van der Waals surface area contributed by atoms with Crippen LogP contribution in [0.2, 0.25) is 5.02 Å². The lowest BCUT2D eigenvalue weighted by Crippen LogP contribution is -2.44. The first-order chi connectivity index (χ1) is 7.72. The number of aromatic nitrogens is 2. The number of rotatable bonds is 2. The number of anilines is 1. The second kappa shape index (κ2) is 4.95. The van der Waals surface area contributed by atoms with Gasteiger partial charge in [0.25, 0.3) is 0 Å². The van der Waals surface area contributed by atoms with Crippen LogP contribution in [0.1, 0.15) is 12.6 Å². The third-order valence-corrected chi connectivity index (χ3v) is 2.99. The summed E-state index contributed by atoms with van der Waals surface area (Å²) in [7, 11) is 0. The highest BCUT2D eigenvalue weighted by atomic mass is 35.5. The Kier molecular flexibility index (Phi) is 3.58. The van der Waals surface area contributed by atoms with E-state index in [0.29, 0.717) is 36.5 Å². The molecule has 0 spiro atoms. The first kappa shape index (κ1) is 11.6. The molecule has 1 aromatic rings. The zero-order valence-corrected chi connectivity index (χ0v) is 9.94. The molecule has 2 heterocycles. The van der Waals surface area contributed by atoms with E-state index in [9.17, 15) is 0 Å². The van der Waals surface area contributed by atoms with E-state index in [1.54, 1.807) is 0 Å². The molecule has 1 atom stereocenters. The molecule has 2 N–H and O–H groups in total. The number of halogens is 1. The fourth-order valence-corrected chi connectivity index (χ4v) is 1.94. The number of morpholine rings is 1. The summed E-state index contributed by atoms with van der Waals surface area (Å²) < 4.78 is 5.37. The van der Waals surface area contributed by atoms with Crippen molar-refractivity contribution in [2.75, 3.05) is 24.7 Å². The van der Waals surface area contributed by atoms with Crippen LogP contribution in [0, 0.1) is 0 Å². The van der Waals surface area contributed by atoms with Crippen LogP contribution in [0.5, 0.6) is 0 Å². The van der Waals surface area contributed by atoms with E-state index in [-0.39, 0.29) is 0 Å². The number of hydrogen-bond acceptors (Lipinski definition) is 5. The van der Waals surface area contributed by atoms with Crippen LogP contribution in [0.3, 0.4) is 0 Å². The van der Waals surface area contributed by atoms with Gasteiger partial charge in [-0.05, 0) is 6.92 Å². The Morgan fingerprint density at radius 1 is 1.62 bits per heavy atom. The molecule has 0 aliphatic carbocycles. The molecular weight excluding hydrogens is 228 g/mol. The van der Waals surface area contributed by atoms with Gasteiger partial charge in [-0.2, -0.15) is 5.10 Å². The molecule has 0 aromatic carbocycles. The summed E-state index contributed by atoms with van der Waals surface area (Å²) in [6.07, 6.45) is 0. The van der Waals surface area contributed by atoms with E-state index in [0.717, 1.165) is 12.4 Å². The van der Waals surface area contributed by atoms with Gasteiger partial charge in [-0.15, -0.1) is 5.10 Å². The van der Waals surface area contributed by atoms with Gasteiger partial charge in [0.1, 0.15) is 0 Å². The summed E-state index contributed by atoms with van der Waals surface area (Å²) in [5.41, 5.74) is 6.12. The maximum atomic E-state index is 6.06. The van der Waals surface area contributed by atoms with E-state index in [4.69, 9.17) is 22.1 Å². The first-order valence-electron chi connectivity index (χ1n) is 5.29. The number of nitrogens with zero attached hydrogens (tertiary/aromatic N) is 3. The minimum Gasteiger partial charge on any atom is -0.377 e. The third-order valence-electron chi connectivity index (χ3n) is 2.66. The van der Waals surface area contributed by atoms with Crippen LogP contribution < -0.4 is 10.6 Å². The van der Waals surface area contributed by atoms with Crippen LogP contribution in [0.25, 0.3) is 0 Å². The van der Waals surface area contributed by atoms with Crippen LogP contribution in [-0.4, -0.2) is 36.0 Å². The van der Waals surface area contributed by atoms with Gasteiger partial charge < -0.3 is 15.4 Å². The molecule has 0 bridgehead atoms. The van der Waals surface area contributed by atoms with Crippen molar-refractivity contribution in [3.05, 3.63) is 16.8 Å². The predicted octanol–water partition coefficient (Wildman–Crippen LogP) is 0.814. The van der Waals surface area contributed by atoms with Crippen molar-refractivity contribution in [2.24, 2.45) is 5.73 Å². The zero-order valence-electron chi connectivity index (χ0n) is 9.19. The van der Waals surface area contributed by atoms with Gasteiger partial charge >= 0.3 is 0 Å². The van der Waals surface area contributed by atoms with Gasteiger partial charge in [0.15, 0.2) is 5.82 Å². The normalized spacial score (nSPS) is 21.2. The Morgan fingerprint density at radius 3 is 3.06 bits per heavy atom. The predicted molar refractivity (Wildman–Crippen MR) is 62.6 cm³/mol. The van der Waals surface area contributed by atoms with Crippen molar-refractivity contribution in [1.82, 2.24) is 10.2 Å². The van der Waals surface area contributed by atoms with Crippen molar-refractivity contribution >= 4 is 17.4 Å². The van der Waals surface area contributed by atoms with Crippen LogP contribution in [0.4, 0.5) is 5.82 Å². The molecule has 0 amide bonds. The Balaban J connectivity index is 2.22. The van der Waals surface area contributed by atoms with Crippen molar-refractivity contribution in [3.63, 3.8) is 0 Å². The molecule has 1 fully saturated rings. The maximum Gasteiger partial charge on any atom is 0.153 e. The molecule has 0 unspecified atom stereocenters. The van der Waals surface area contributed by atoms with Gasteiger partial charge in [-0.1, -0.05) is 11.6 Å². The molecule has 1 aliphatic heterocycles. The number of hydrogen-bond donors (Lipinski definition) is 1. The monoisotopic (exact) mass is 242 g/mol. The Bertz CT molecular complexity index is 374. The standard InChI is InChI=1S/C10H15ClN4O/c1-7-6-16-3-2-15(7)10-4-8(11)9(5-12)13-14-10/h4,7H,2-3,5-6,12H2,1H3/t7-/m1/s1. The molecule has 0 radical (unpaired) electrons. The van der Waals surface area contributed by atoms with Crippen LogP contribution in [0.15, 0.2) is 6.07 Å². The van der Waals surface area contributed by atoms with Gasteiger partial charge in [0.2, 0.25) is 0 Å². The van der Waals surface area contributed by atoms with Crippen molar-refractivity contribution in [3.8, 4) is 0 Å². The van der Waals surface area contributed by atoms with Crippen molar-refractivity contribution < 1.29 is 4.74 Å². The highest BCUT2D eigenvalue weighted by molar-refractivity contribution is 6.31. The van der Waals surface area contributed by atoms with E-state index < -0.39 is 0 Å². The second-order valence-corrected chi connectivity index (χ2v) is 4.23. The molecule has 5 nitrogen and oxygen atoms in total. The van der Waals surface area contributed by atoms with Crippen LogP contribution >= 0.6 is 11.6 Å². The van der Waals surface area contributed by atoms with Crippen LogP contribution in [-0.2, 0) is 11.3 Å². The molecule has 88 valence electrons. The molecule has 1 saturated heterocycles. The molecule has 0 saturated carbocycles. The molecule has 1 aliphatic rings. The quantitative estimate of drug-likeness (QED) is 0.832. The summed E-state index contributed by atoms with van der Waals surface area (Å²) in [4.78, 5) is 2.14. The molecular formula is C10H15ClN4O. The fourth-order valence-electron chi connectivity index (χ4n) is 1.73. The smallest absolute Gasteiger partial charge is 0.153 e. The summed E-state index contributed by atoms with van der Waals surface area (Å²) in [5, 5.41) is 8.73. The van der Waals surface area contributed by atoms with E-state index in [2.05, 4.69) is 22.0 Å². The van der Waals surface area contributed by atoms with Crippen molar-refractivity contribution in [2.45, 2.75) is 19.5 Å². The molecule has 6 heteroatoms. The van der Waals surface area contributed by atoms with E-state index in [1.807, 2.05) is 6.07 Å². The second-order valence-electron chi connectivity index (χ2n) is 3.82. The van der Waals surface area contributed by atoms with Gasteiger partial charge in [0.05, 0.1) is 30.0 Å². The Hall–Kier alpha value is -0.910. The number of nitrogens with two attached hydrogens (primary N) is 1. The average Bonchev–Trinajstić information content (AvgIpc) is 2.29. The summed E-state index contributed by atoms with van der Waals surface area (Å²) in [6, 6.07) is 2.11. The van der Waals surface area contributed by atoms with Gasteiger partial charge in [0, 0.05) is 19.2 Å². The Morgan fingerprint density at radius 2 is 2.44 bits per heavy atom.